The maximum Gasteiger partial charge on any atom is 0.0675 e. The summed E-state index contributed by atoms with van der Waals surface area (Å²) < 4.78 is 0. The fourth-order valence-corrected chi connectivity index (χ4v) is 1.67. The van der Waals surface area contributed by atoms with Gasteiger partial charge in [-0.1, -0.05) is 12.1 Å². The van der Waals surface area contributed by atoms with Gasteiger partial charge in [-0.3, -0.25) is 0 Å². The zero-order valence-electron chi connectivity index (χ0n) is 9.56. The molecule has 0 bridgehead atoms. The summed E-state index contributed by atoms with van der Waals surface area (Å²) in [4.78, 5) is 0. The van der Waals surface area contributed by atoms with Crippen LogP contribution in [-0.2, 0) is 0 Å². The van der Waals surface area contributed by atoms with Gasteiger partial charge in [-0.15, -0.1) is 0 Å². The monoisotopic (exact) mass is 442 g/mol. The molecule has 1 aliphatic rings. The molecule has 0 atom stereocenters. The third-order valence-electron chi connectivity index (χ3n) is 2.76. The molecule has 0 aliphatic carbocycles. The first-order chi connectivity index (χ1) is 7.77. The van der Waals surface area contributed by atoms with Crippen molar-refractivity contribution in [3.8, 4) is 0 Å². The van der Waals surface area contributed by atoms with Gasteiger partial charge in [0, 0.05) is 43.8 Å². The number of nitrogens with zero attached hydrogens (tertiary/aromatic N) is 1. The molecule has 2 nitrogen and oxygen atoms in total. The van der Waals surface area contributed by atoms with Gasteiger partial charge in [0.2, 0.25) is 0 Å². The number of hydrogen-bond acceptors (Lipinski definition) is 2. The molecule has 16 heavy (non-hydrogen) atoms. The summed E-state index contributed by atoms with van der Waals surface area (Å²) in [6.07, 6.45) is 2.28. The Morgan fingerprint density at radius 1 is 1.19 bits per heavy atom. The van der Waals surface area contributed by atoms with E-state index >= 15 is 0 Å². The Labute approximate surface area is 121 Å². The van der Waals surface area contributed by atoms with Gasteiger partial charge in [0.1, 0.15) is 0 Å². The number of halogens is 2. The van der Waals surface area contributed by atoms with E-state index in [1.807, 2.05) is 0 Å². The molecule has 4 heteroatoms. The highest BCUT2D eigenvalue weighted by Gasteiger charge is 2.07. The molecule has 0 amide bonds. The van der Waals surface area contributed by atoms with Crippen LogP contribution in [0, 0.1) is 13.8 Å². The molecule has 0 aromatic heterocycles. The van der Waals surface area contributed by atoms with Crippen molar-refractivity contribution in [1.82, 2.24) is 5.43 Å². The lowest BCUT2D eigenvalue weighted by Crippen LogP contribution is -2.19. The van der Waals surface area contributed by atoms with E-state index in [9.17, 15) is 0 Å². The summed E-state index contributed by atoms with van der Waals surface area (Å²) in [6.45, 7) is 5.30. The molecule has 0 spiro atoms. The van der Waals surface area contributed by atoms with Crippen molar-refractivity contribution < 1.29 is 0 Å². The molecule has 1 heterocycles. The Morgan fingerprint density at radius 3 is 2.50 bits per heavy atom. The zero-order chi connectivity index (χ0) is 12.0. The Kier molecular flexibility index (Phi) is 6.64. The van der Waals surface area contributed by atoms with E-state index < -0.39 is 0 Å². The van der Waals surface area contributed by atoms with Crippen LogP contribution >= 0.6 is 37.2 Å². The molecule has 0 fully saturated rings. The molecule has 1 N–H and O–H groups in total. The Balaban J connectivity index is 0.000000606. The minimum absolute atomic E-state index is 1.01. The molecule has 0 unspecified atom stereocenters. The average molecular weight is 442 g/mol. The van der Waals surface area contributed by atoms with Crippen LogP contribution in [0.4, 0.5) is 0 Å². The Hall–Kier alpha value is 0.150. The lowest BCUT2D eigenvalue weighted by atomic mass is 10.0. The Morgan fingerprint density at radius 2 is 1.94 bits per heavy atom. The third-order valence-corrected chi connectivity index (χ3v) is 2.76. The second-order valence-electron chi connectivity index (χ2n) is 3.87. The van der Waals surface area contributed by atoms with E-state index in [1.54, 1.807) is 0 Å². The van der Waals surface area contributed by atoms with Gasteiger partial charge in [0.15, 0.2) is 0 Å². The Bertz CT molecular complexity index is 375. The maximum atomic E-state index is 4.34. The number of hydrogen-bond donors (Lipinski definition) is 1. The minimum Gasteiger partial charge on any atom is -0.310 e. The lowest BCUT2D eigenvalue weighted by Gasteiger charge is -2.13. The number of rotatable bonds is 1. The van der Waals surface area contributed by atoms with E-state index in [4.69, 9.17) is 0 Å². The second-order valence-corrected chi connectivity index (χ2v) is 3.87. The van der Waals surface area contributed by atoms with Crippen LogP contribution in [-0.4, -0.2) is 12.3 Å². The van der Waals surface area contributed by atoms with Crippen LogP contribution in [0.2, 0.25) is 0 Å². The van der Waals surface area contributed by atoms with Crippen molar-refractivity contribution in [3.05, 3.63) is 34.9 Å². The summed E-state index contributed by atoms with van der Waals surface area (Å²) in [6, 6.07) is 6.55. The van der Waals surface area contributed by atoms with Crippen molar-refractivity contribution >= 4 is 42.9 Å². The molecule has 1 aromatic carbocycles. The van der Waals surface area contributed by atoms with E-state index in [0.717, 1.165) is 13.0 Å². The summed E-state index contributed by atoms with van der Waals surface area (Å²) in [5, 5.41) is 4.34. The molecule has 0 radical (unpaired) electrons. The van der Waals surface area contributed by atoms with Gasteiger partial charge in [-0.2, -0.15) is 5.10 Å². The van der Waals surface area contributed by atoms with Crippen LogP contribution < -0.4 is 5.43 Å². The smallest absolute Gasteiger partial charge is 0.0675 e. The van der Waals surface area contributed by atoms with E-state index in [1.165, 1.54) is 28.8 Å². The summed E-state index contributed by atoms with van der Waals surface area (Å²) >= 11 is 4.24. The number of aryl methyl sites for hydroxylation is 2. The van der Waals surface area contributed by atoms with Crippen LogP contribution in [0.25, 0.3) is 0 Å². The first-order valence-corrected chi connectivity index (χ1v) is 11.6. The fourth-order valence-electron chi connectivity index (χ4n) is 1.67. The normalized spacial score (nSPS) is 14.4. The molecular weight excluding hydrogens is 426 g/mol. The van der Waals surface area contributed by atoms with Gasteiger partial charge in [-0.05, 0) is 49.4 Å². The molecule has 0 saturated heterocycles. The topological polar surface area (TPSA) is 24.4 Å². The van der Waals surface area contributed by atoms with Gasteiger partial charge in [0.05, 0.1) is 5.71 Å². The van der Waals surface area contributed by atoms with Crippen molar-refractivity contribution in [2.45, 2.75) is 26.7 Å². The SMILES string of the molecule is Cc1ccc(C2=NNCCC2)cc1C.II. The van der Waals surface area contributed by atoms with E-state index in [-0.39, 0.29) is 0 Å². The predicted molar refractivity (Wildman–Crippen MR) is 87.7 cm³/mol. The van der Waals surface area contributed by atoms with Crippen molar-refractivity contribution in [2.75, 3.05) is 6.54 Å². The highest BCUT2D eigenvalue weighted by Crippen LogP contribution is 2.14. The molecule has 1 aliphatic heterocycles. The largest absolute Gasteiger partial charge is 0.310 e. The van der Waals surface area contributed by atoms with Gasteiger partial charge in [0.25, 0.3) is 0 Å². The molecule has 0 saturated carbocycles. The zero-order valence-corrected chi connectivity index (χ0v) is 13.9. The second kappa shape index (κ2) is 7.47. The van der Waals surface area contributed by atoms with Crippen molar-refractivity contribution in [3.63, 3.8) is 0 Å². The molecule has 2 rings (SSSR count). The average Bonchev–Trinajstić information content (AvgIpc) is 2.36. The van der Waals surface area contributed by atoms with Gasteiger partial charge < -0.3 is 5.43 Å². The summed E-state index contributed by atoms with van der Waals surface area (Å²) in [5.74, 6) is 0. The predicted octanol–water partition coefficient (Wildman–Crippen LogP) is 4.16. The first kappa shape index (κ1) is 14.2. The van der Waals surface area contributed by atoms with Gasteiger partial charge >= 0.3 is 0 Å². The summed E-state index contributed by atoms with van der Waals surface area (Å²) in [5.41, 5.74) is 8.20. The van der Waals surface area contributed by atoms with Crippen LogP contribution in [0.15, 0.2) is 23.3 Å². The van der Waals surface area contributed by atoms with Crippen LogP contribution in [0.5, 0.6) is 0 Å². The molecule has 1 aromatic rings. The molecular formula is C12H16I2N2. The standard InChI is InChI=1S/C12H16N2.I2/c1-9-5-6-11(8-10(9)2)12-4-3-7-13-14-12;1-2/h5-6,8,13H,3-4,7H2,1-2H3;. The number of hydrazone groups is 1. The van der Waals surface area contributed by atoms with Crippen LogP contribution in [0.3, 0.4) is 0 Å². The maximum absolute atomic E-state index is 4.34. The van der Waals surface area contributed by atoms with Crippen LogP contribution in [0.1, 0.15) is 29.5 Å². The summed E-state index contributed by atoms with van der Waals surface area (Å²) in [7, 11) is 0. The quantitative estimate of drug-likeness (QED) is 0.650. The van der Waals surface area contributed by atoms with E-state index in [0.29, 0.717) is 0 Å². The highest BCUT2D eigenvalue weighted by atomic mass is 128. The highest BCUT2D eigenvalue weighted by molar-refractivity contribution is 15.0. The van der Waals surface area contributed by atoms with Crippen molar-refractivity contribution in [1.29, 1.82) is 0 Å². The van der Waals surface area contributed by atoms with E-state index in [2.05, 4.69) is 79.8 Å². The van der Waals surface area contributed by atoms with Crippen molar-refractivity contribution in [2.24, 2.45) is 5.10 Å². The fraction of sp³-hybridized carbons (Fsp3) is 0.417. The lowest BCUT2D eigenvalue weighted by molar-refractivity contribution is 0.662. The first-order valence-electron chi connectivity index (χ1n) is 5.29. The van der Waals surface area contributed by atoms with Gasteiger partial charge in [-0.25, -0.2) is 0 Å². The number of nitrogens with one attached hydrogen (secondary N) is 1. The third kappa shape index (κ3) is 3.87. The number of benzene rings is 1. The molecule has 88 valence electrons. The minimum atomic E-state index is 1.01.